The quantitative estimate of drug-likeness (QED) is 0.439. The molecule has 5 N–H and O–H groups in total. The zero-order chi connectivity index (χ0) is 21.9. The summed E-state index contributed by atoms with van der Waals surface area (Å²) in [6.07, 6.45) is 0.690. The molecule has 2 heterocycles. The van der Waals surface area contributed by atoms with Gasteiger partial charge < -0.3 is 26.0 Å². The van der Waals surface area contributed by atoms with E-state index in [1.54, 1.807) is 0 Å². The molecule has 1 fully saturated rings. The minimum Gasteiger partial charge on any atom is -0.477 e. The summed E-state index contributed by atoms with van der Waals surface area (Å²) in [4.78, 5) is 25.4. The number of nitrogens with two attached hydrogens (primary N) is 2. The number of benzene rings is 2. The number of hydrogen-bond acceptors (Lipinski definition) is 5. The number of aromatic carboxylic acids is 1. The number of hydrogen-bond donors (Lipinski definition) is 3. The number of carbonyl (C=O) groups is 1. The van der Waals surface area contributed by atoms with Gasteiger partial charge in [0, 0.05) is 31.4 Å². The maximum absolute atomic E-state index is 15.5. The molecule has 0 aliphatic carbocycles. The molecule has 0 atom stereocenters. The molecular formula is C19H14F4N4O3. The molecule has 0 bridgehead atoms. The van der Waals surface area contributed by atoms with Crippen LogP contribution in [0, 0.1) is 23.3 Å². The van der Waals surface area contributed by atoms with Crippen molar-refractivity contribution in [3.8, 4) is 5.69 Å². The Balaban J connectivity index is 2.18. The first-order valence-corrected chi connectivity index (χ1v) is 8.66. The molecule has 7 nitrogen and oxygen atoms in total. The summed E-state index contributed by atoms with van der Waals surface area (Å²) in [6, 6.07) is 1.97. The standard InChI is InChI=1S/C19H14F4N4O3/c20-7-1-2-11(10(21)3-7)27-6-9(19(29)30)18(28)12-15(25)13(22)17(14(23)16(12)27)26-4-8(24)5-26/h1-3,6,8H,4-5,24-25H2,(H,29,30). The minimum atomic E-state index is -1.71. The maximum atomic E-state index is 15.5. The normalized spacial score (nSPS) is 14.2. The van der Waals surface area contributed by atoms with Gasteiger partial charge in [0.2, 0.25) is 5.43 Å². The molecule has 0 radical (unpaired) electrons. The van der Waals surface area contributed by atoms with E-state index in [4.69, 9.17) is 11.5 Å². The van der Waals surface area contributed by atoms with E-state index >= 15 is 4.39 Å². The fourth-order valence-corrected chi connectivity index (χ4v) is 3.52. The number of rotatable bonds is 3. The van der Waals surface area contributed by atoms with Gasteiger partial charge in [-0.1, -0.05) is 0 Å². The molecule has 3 aromatic rings. The SMILES string of the molecule is Nc1c(F)c(N2CC(N)C2)c(F)c2c1c(=O)c(C(=O)O)cn2-c1ccc(F)cc1F. The summed E-state index contributed by atoms with van der Waals surface area (Å²) in [6.45, 7) is 0.224. The van der Waals surface area contributed by atoms with E-state index in [2.05, 4.69) is 0 Å². The highest BCUT2D eigenvalue weighted by Gasteiger charge is 2.33. The average Bonchev–Trinajstić information content (AvgIpc) is 2.64. The van der Waals surface area contributed by atoms with Crippen molar-refractivity contribution in [2.75, 3.05) is 23.7 Å². The third-order valence-electron chi connectivity index (χ3n) is 4.96. The topological polar surface area (TPSA) is 115 Å². The highest BCUT2D eigenvalue weighted by Crippen LogP contribution is 2.37. The van der Waals surface area contributed by atoms with Crippen molar-refractivity contribution < 1.29 is 27.5 Å². The second-order valence-electron chi connectivity index (χ2n) is 6.92. The first kappa shape index (κ1) is 19.7. The largest absolute Gasteiger partial charge is 0.477 e. The fraction of sp³-hybridized carbons (Fsp3) is 0.158. The summed E-state index contributed by atoms with van der Waals surface area (Å²) in [5.41, 5.74) is 6.85. The molecule has 11 heteroatoms. The van der Waals surface area contributed by atoms with E-state index in [0.717, 1.165) is 12.1 Å². The summed E-state index contributed by atoms with van der Waals surface area (Å²) in [5.74, 6) is -6.30. The van der Waals surface area contributed by atoms with E-state index in [-0.39, 0.29) is 19.1 Å². The van der Waals surface area contributed by atoms with Gasteiger partial charge >= 0.3 is 5.97 Å². The Labute approximate surface area is 165 Å². The molecule has 0 saturated carbocycles. The number of fused-ring (bicyclic) bond motifs is 1. The van der Waals surface area contributed by atoms with E-state index in [0.29, 0.717) is 16.8 Å². The van der Waals surface area contributed by atoms with E-state index in [1.165, 1.54) is 4.90 Å². The molecule has 156 valence electrons. The van der Waals surface area contributed by atoms with Crippen LogP contribution in [0.25, 0.3) is 16.6 Å². The van der Waals surface area contributed by atoms with Crippen molar-refractivity contribution in [1.29, 1.82) is 0 Å². The number of pyridine rings is 1. The van der Waals surface area contributed by atoms with Crippen LogP contribution in [-0.2, 0) is 0 Å². The van der Waals surface area contributed by atoms with Crippen LogP contribution in [0.15, 0.2) is 29.2 Å². The molecule has 1 aliphatic heterocycles. The first-order chi connectivity index (χ1) is 14.1. The molecule has 0 spiro atoms. The van der Waals surface area contributed by atoms with Gasteiger partial charge in [-0.3, -0.25) is 4.79 Å². The Morgan fingerprint density at radius 3 is 2.37 bits per heavy atom. The van der Waals surface area contributed by atoms with Gasteiger partial charge in [-0.2, -0.15) is 0 Å². The minimum absolute atomic E-state index is 0.112. The van der Waals surface area contributed by atoms with Crippen molar-refractivity contribution in [1.82, 2.24) is 4.57 Å². The van der Waals surface area contributed by atoms with Crippen molar-refractivity contribution in [3.63, 3.8) is 0 Å². The summed E-state index contributed by atoms with van der Waals surface area (Å²) in [7, 11) is 0. The average molecular weight is 422 g/mol. The number of aromatic nitrogens is 1. The lowest BCUT2D eigenvalue weighted by molar-refractivity contribution is 0.0695. The predicted molar refractivity (Wildman–Crippen MR) is 101 cm³/mol. The molecule has 2 aromatic carbocycles. The zero-order valence-electron chi connectivity index (χ0n) is 15.1. The molecule has 0 unspecified atom stereocenters. The second kappa shape index (κ2) is 6.73. The molecular weight excluding hydrogens is 408 g/mol. The van der Waals surface area contributed by atoms with Gasteiger partial charge in [-0.05, 0) is 12.1 Å². The molecule has 30 heavy (non-hydrogen) atoms. The summed E-state index contributed by atoms with van der Waals surface area (Å²) in [5, 5.41) is 8.58. The molecule has 1 saturated heterocycles. The number of anilines is 2. The van der Waals surface area contributed by atoms with Crippen LogP contribution < -0.4 is 21.8 Å². The van der Waals surface area contributed by atoms with Gasteiger partial charge in [0.05, 0.1) is 22.3 Å². The van der Waals surface area contributed by atoms with Crippen molar-refractivity contribution >= 4 is 28.2 Å². The van der Waals surface area contributed by atoms with Crippen LogP contribution >= 0.6 is 0 Å². The second-order valence-corrected chi connectivity index (χ2v) is 6.92. The van der Waals surface area contributed by atoms with Gasteiger partial charge in [0.15, 0.2) is 11.6 Å². The van der Waals surface area contributed by atoms with Gasteiger partial charge in [0.1, 0.15) is 22.9 Å². The number of nitrogen functional groups attached to an aromatic ring is 1. The Morgan fingerprint density at radius 1 is 1.13 bits per heavy atom. The van der Waals surface area contributed by atoms with Crippen molar-refractivity contribution in [2.45, 2.75) is 6.04 Å². The van der Waals surface area contributed by atoms with Crippen molar-refractivity contribution in [3.05, 3.63) is 63.5 Å². The Hall–Kier alpha value is -3.60. The van der Waals surface area contributed by atoms with Crippen LogP contribution in [0.1, 0.15) is 10.4 Å². The van der Waals surface area contributed by atoms with Gasteiger partial charge in [-0.25, -0.2) is 22.4 Å². The van der Waals surface area contributed by atoms with Crippen LogP contribution in [-0.4, -0.2) is 34.8 Å². The lowest BCUT2D eigenvalue weighted by atomic mass is 10.0. The highest BCUT2D eigenvalue weighted by molar-refractivity contribution is 6.00. The smallest absolute Gasteiger partial charge is 0.341 e. The monoisotopic (exact) mass is 422 g/mol. The van der Waals surface area contributed by atoms with Crippen LogP contribution in [0.2, 0.25) is 0 Å². The molecule has 1 aromatic heterocycles. The third kappa shape index (κ3) is 2.77. The summed E-state index contributed by atoms with van der Waals surface area (Å²) < 4.78 is 58.9. The Bertz CT molecular complexity index is 1290. The summed E-state index contributed by atoms with van der Waals surface area (Å²) >= 11 is 0. The van der Waals surface area contributed by atoms with Crippen LogP contribution in [0.5, 0.6) is 0 Å². The third-order valence-corrected chi connectivity index (χ3v) is 4.96. The van der Waals surface area contributed by atoms with Gasteiger partial charge in [-0.15, -0.1) is 0 Å². The number of carboxylic acid groups (broad SMARTS) is 1. The molecule has 0 amide bonds. The van der Waals surface area contributed by atoms with E-state index in [1.807, 2.05) is 0 Å². The highest BCUT2D eigenvalue weighted by atomic mass is 19.1. The first-order valence-electron chi connectivity index (χ1n) is 8.66. The van der Waals surface area contributed by atoms with Gasteiger partial charge in [0.25, 0.3) is 0 Å². The van der Waals surface area contributed by atoms with Crippen LogP contribution in [0.3, 0.4) is 0 Å². The zero-order valence-corrected chi connectivity index (χ0v) is 15.1. The number of nitrogens with zero attached hydrogens (tertiary/aromatic N) is 2. The maximum Gasteiger partial charge on any atom is 0.341 e. The number of carboxylic acids is 1. The van der Waals surface area contributed by atoms with Crippen LogP contribution in [0.4, 0.5) is 28.9 Å². The Kier molecular flexibility index (Phi) is 4.42. The lowest BCUT2D eigenvalue weighted by Crippen LogP contribution is -2.56. The lowest BCUT2D eigenvalue weighted by Gasteiger charge is -2.39. The Morgan fingerprint density at radius 2 is 1.80 bits per heavy atom. The molecule has 1 aliphatic rings. The van der Waals surface area contributed by atoms with Crippen molar-refractivity contribution in [2.24, 2.45) is 5.73 Å². The van der Waals surface area contributed by atoms with E-state index in [9.17, 15) is 27.9 Å². The number of halogens is 4. The van der Waals surface area contributed by atoms with E-state index < -0.39 is 68.2 Å². The fourth-order valence-electron chi connectivity index (χ4n) is 3.52. The molecule has 4 rings (SSSR count). The predicted octanol–water partition coefficient (Wildman–Crippen LogP) is 1.97.